The van der Waals surface area contributed by atoms with Crippen LogP contribution >= 0.6 is 0 Å². The molecule has 0 aromatic heterocycles. The van der Waals surface area contributed by atoms with Crippen LogP contribution in [0.25, 0.3) is 0 Å². The molecule has 142 valence electrons. The number of fused-ring (bicyclic) bond motifs is 1. The first-order chi connectivity index (χ1) is 12.4. The molecule has 4 rings (SSSR count). The van der Waals surface area contributed by atoms with Crippen molar-refractivity contribution in [3.63, 3.8) is 0 Å². The van der Waals surface area contributed by atoms with Gasteiger partial charge in [-0.2, -0.15) is 0 Å². The van der Waals surface area contributed by atoms with Gasteiger partial charge in [-0.05, 0) is 43.2 Å². The second-order valence-electron chi connectivity index (χ2n) is 9.65. The quantitative estimate of drug-likeness (QED) is 0.860. The summed E-state index contributed by atoms with van der Waals surface area (Å²) in [5.41, 5.74) is 1.81. The minimum atomic E-state index is -0.422. The second-order valence-corrected chi connectivity index (χ2v) is 9.65. The average molecular weight is 356 g/mol. The van der Waals surface area contributed by atoms with Crippen molar-refractivity contribution in [3.8, 4) is 0 Å². The Labute approximate surface area is 157 Å². The molecule has 26 heavy (non-hydrogen) atoms. The molecule has 1 saturated carbocycles. The smallest absolute Gasteiger partial charge is 0.252 e. The lowest BCUT2D eigenvalue weighted by molar-refractivity contribution is -0.125. The van der Waals surface area contributed by atoms with Gasteiger partial charge in [0.2, 0.25) is 0 Å². The highest BCUT2D eigenvalue weighted by atomic mass is 16.2. The first-order valence-electron chi connectivity index (χ1n) is 10.3. The Morgan fingerprint density at radius 3 is 2.42 bits per heavy atom. The maximum Gasteiger partial charge on any atom is 0.252 e. The maximum atomic E-state index is 13.6. The van der Waals surface area contributed by atoms with E-state index in [0.29, 0.717) is 0 Å². The Kier molecular flexibility index (Phi) is 4.50. The molecule has 1 spiro atoms. The van der Waals surface area contributed by atoms with E-state index in [1.54, 1.807) is 0 Å². The topological polar surface area (TPSA) is 35.6 Å². The third-order valence-corrected chi connectivity index (χ3v) is 6.35. The Hall–Kier alpha value is -1.55. The van der Waals surface area contributed by atoms with Gasteiger partial charge in [-0.3, -0.25) is 4.79 Å². The zero-order chi connectivity index (χ0) is 18.4. The Morgan fingerprint density at radius 1 is 1.12 bits per heavy atom. The summed E-state index contributed by atoms with van der Waals surface area (Å²) in [6, 6.07) is 9.06. The van der Waals surface area contributed by atoms with Crippen LogP contribution in [-0.2, 0) is 4.79 Å². The van der Waals surface area contributed by atoms with Crippen LogP contribution in [0.4, 0.5) is 11.4 Å². The third kappa shape index (κ3) is 3.24. The summed E-state index contributed by atoms with van der Waals surface area (Å²) in [4.78, 5) is 18.3. The number of likely N-dealkylation sites (tertiary alicyclic amines) is 1. The Morgan fingerprint density at radius 2 is 1.77 bits per heavy atom. The lowest BCUT2D eigenvalue weighted by atomic mass is 9.82. The van der Waals surface area contributed by atoms with Crippen molar-refractivity contribution in [1.29, 1.82) is 0 Å². The summed E-state index contributed by atoms with van der Waals surface area (Å²) in [7, 11) is 0. The maximum absolute atomic E-state index is 13.6. The highest BCUT2D eigenvalue weighted by molar-refractivity contribution is 6.08. The van der Waals surface area contributed by atoms with E-state index in [9.17, 15) is 4.79 Å². The van der Waals surface area contributed by atoms with E-state index in [1.165, 1.54) is 25.7 Å². The lowest BCUT2D eigenvalue weighted by Crippen LogP contribution is -2.63. The van der Waals surface area contributed by atoms with Crippen molar-refractivity contribution in [1.82, 2.24) is 4.90 Å². The van der Waals surface area contributed by atoms with Gasteiger partial charge >= 0.3 is 0 Å². The first-order valence-corrected chi connectivity index (χ1v) is 10.3. The molecule has 1 aromatic rings. The van der Waals surface area contributed by atoms with Crippen LogP contribution in [0.15, 0.2) is 24.3 Å². The molecule has 1 N–H and O–H groups in total. The first kappa shape index (κ1) is 17.8. The number of carbonyl (C=O) groups excluding carboxylic acids is 1. The summed E-state index contributed by atoms with van der Waals surface area (Å²) in [6.07, 6.45) is 7.25. The monoisotopic (exact) mass is 355 g/mol. The van der Waals surface area contributed by atoms with Crippen molar-refractivity contribution in [2.24, 2.45) is 5.41 Å². The molecule has 3 aliphatic rings. The van der Waals surface area contributed by atoms with Crippen LogP contribution in [0.5, 0.6) is 0 Å². The Bertz CT molecular complexity index is 664. The molecule has 2 fully saturated rings. The molecule has 1 amide bonds. The number of para-hydroxylation sites is 2. The molecule has 0 bridgehead atoms. The van der Waals surface area contributed by atoms with E-state index < -0.39 is 5.54 Å². The van der Waals surface area contributed by atoms with Gasteiger partial charge in [-0.25, -0.2) is 0 Å². The molecule has 4 heteroatoms. The number of piperidine rings is 1. The molecule has 1 saturated heterocycles. The van der Waals surface area contributed by atoms with Crippen LogP contribution in [0, 0.1) is 5.41 Å². The van der Waals surface area contributed by atoms with Crippen LogP contribution < -0.4 is 10.2 Å². The van der Waals surface area contributed by atoms with Gasteiger partial charge in [0.15, 0.2) is 0 Å². The van der Waals surface area contributed by atoms with Crippen molar-refractivity contribution in [3.05, 3.63) is 24.3 Å². The van der Waals surface area contributed by atoms with Crippen LogP contribution in [-0.4, -0.2) is 42.0 Å². The molecule has 2 heterocycles. The summed E-state index contributed by atoms with van der Waals surface area (Å²) in [5, 5.41) is 3.67. The molecule has 2 aliphatic heterocycles. The molecular weight excluding hydrogens is 322 g/mol. The van der Waals surface area contributed by atoms with Crippen molar-refractivity contribution in [2.75, 3.05) is 29.9 Å². The zero-order valence-corrected chi connectivity index (χ0v) is 16.6. The van der Waals surface area contributed by atoms with E-state index >= 15 is 0 Å². The summed E-state index contributed by atoms with van der Waals surface area (Å²) >= 11 is 0. The Balaban J connectivity index is 1.58. The normalized spacial score (nSPS) is 24.0. The van der Waals surface area contributed by atoms with Crippen LogP contribution in [0.1, 0.15) is 59.3 Å². The number of benzene rings is 1. The minimum absolute atomic E-state index is 0.0752. The molecule has 0 unspecified atom stereocenters. The van der Waals surface area contributed by atoms with E-state index in [4.69, 9.17) is 0 Å². The van der Waals surface area contributed by atoms with Gasteiger partial charge in [-0.1, -0.05) is 45.7 Å². The molecule has 0 atom stereocenters. The molecule has 1 aromatic carbocycles. The fourth-order valence-electron chi connectivity index (χ4n) is 5.00. The van der Waals surface area contributed by atoms with Gasteiger partial charge < -0.3 is 15.1 Å². The predicted octanol–water partition coefficient (Wildman–Crippen LogP) is 4.27. The second kappa shape index (κ2) is 6.56. The van der Waals surface area contributed by atoms with E-state index in [0.717, 1.165) is 49.9 Å². The van der Waals surface area contributed by atoms with Crippen LogP contribution in [0.2, 0.25) is 0 Å². The van der Waals surface area contributed by atoms with Gasteiger partial charge in [0.1, 0.15) is 5.54 Å². The lowest BCUT2D eigenvalue weighted by Gasteiger charge is -2.49. The van der Waals surface area contributed by atoms with Gasteiger partial charge in [-0.15, -0.1) is 0 Å². The van der Waals surface area contributed by atoms with E-state index in [-0.39, 0.29) is 11.3 Å². The molecular formula is C22H33N3O. The van der Waals surface area contributed by atoms with Gasteiger partial charge in [0.05, 0.1) is 11.4 Å². The highest BCUT2D eigenvalue weighted by Gasteiger charge is 2.48. The third-order valence-electron chi connectivity index (χ3n) is 6.35. The SMILES string of the molecule is CC(C)(C)CN1C(=O)C2(CCN(C3CCCC3)CC2)Nc2ccccc21. The number of anilines is 2. The number of hydrogen-bond donors (Lipinski definition) is 1. The summed E-state index contributed by atoms with van der Waals surface area (Å²) in [5.74, 6) is 0.275. The number of nitrogens with one attached hydrogen (secondary N) is 1. The van der Waals surface area contributed by atoms with E-state index in [2.05, 4.69) is 54.1 Å². The van der Waals surface area contributed by atoms with Crippen molar-refractivity contribution >= 4 is 17.3 Å². The van der Waals surface area contributed by atoms with Crippen molar-refractivity contribution < 1.29 is 4.79 Å². The summed E-state index contributed by atoms with van der Waals surface area (Å²) < 4.78 is 0. The van der Waals surface area contributed by atoms with Gasteiger partial charge in [0.25, 0.3) is 5.91 Å². The van der Waals surface area contributed by atoms with Crippen LogP contribution in [0.3, 0.4) is 0 Å². The van der Waals surface area contributed by atoms with Crippen molar-refractivity contribution in [2.45, 2.75) is 70.9 Å². The number of rotatable bonds is 2. The number of hydrogen-bond acceptors (Lipinski definition) is 3. The number of amides is 1. The standard InChI is InChI=1S/C22H33N3O/c1-21(2,3)16-25-19-11-7-6-10-18(19)23-22(20(25)26)12-14-24(15-13-22)17-8-4-5-9-17/h6-7,10-11,17,23H,4-5,8-9,12-16H2,1-3H3. The number of nitrogens with zero attached hydrogens (tertiary/aromatic N) is 2. The molecule has 1 aliphatic carbocycles. The highest BCUT2D eigenvalue weighted by Crippen LogP contribution is 2.41. The minimum Gasteiger partial charge on any atom is -0.369 e. The summed E-state index contributed by atoms with van der Waals surface area (Å²) in [6.45, 7) is 9.46. The van der Waals surface area contributed by atoms with E-state index in [1.807, 2.05) is 6.07 Å². The average Bonchev–Trinajstić information content (AvgIpc) is 3.13. The zero-order valence-electron chi connectivity index (χ0n) is 16.6. The molecule has 0 radical (unpaired) electrons. The predicted molar refractivity (Wildman–Crippen MR) is 108 cm³/mol. The number of carbonyl (C=O) groups is 1. The molecule has 4 nitrogen and oxygen atoms in total. The fraction of sp³-hybridized carbons (Fsp3) is 0.682. The fourth-order valence-corrected chi connectivity index (χ4v) is 5.00. The largest absolute Gasteiger partial charge is 0.369 e. The van der Waals surface area contributed by atoms with Gasteiger partial charge in [0, 0.05) is 25.7 Å².